The summed E-state index contributed by atoms with van der Waals surface area (Å²) in [6.07, 6.45) is 12.7. The summed E-state index contributed by atoms with van der Waals surface area (Å²) >= 11 is 0. The van der Waals surface area contributed by atoms with E-state index in [1.165, 1.54) is 64.2 Å². The molecule has 0 bridgehead atoms. The first-order chi connectivity index (χ1) is 12.8. The molecule has 0 radical (unpaired) electrons. The number of benzene rings is 2. The Morgan fingerprint density at radius 3 is 1.19 bits per heavy atom. The smallest absolute Gasteiger partial charge is 0.872 e. The first-order valence-corrected chi connectivity index (χ1v) is 10.3. The Hall–Kier alpha value is -0.389. The number of hydrogen-bond acceptors (Lipinski definition) is 2. The summed E-state index contributed by atoms with van der Waals surface area (Å²) < 4.78 is 0. The Kier molecular flexibility index (Phi) is 10.4. The average Bonchev–Trinajstić information content (AvgIpc) is 2.71. The molecule has 0 saturated heterocycles. The monoisotopic (exact) mass is 488 g/mol. The van der Waals surface area contributed by atoms with Gasteiger partial charge in [0.1, 0.15) is 0 Å². The van der Waals surface area contributed by atoms with Gasteiger partial charge in [-0.05, 0) is 37.5 Å². The van der Waals surface area contributed by atoms with Crippen molar-refractivity contribution in [1.82, 2.24) is 0 Å². The molecule has 4 rings (SSSR count). The molecule has 0 N–H and O–H groups in total. The van der Waals surface area contributed by atoms with Crippen LogP contribution in [0.15, 0.2) is 48.5 Å². The molecule has 0 aromatic heterocycles. The minimum Gasteiger partial charge on any atom is -0.872 e. The molecular weight excluding hydrogens is 458 g/mol. The summed E-state index contributed by atoms with van der Waals surface area (Å²) in [7, 11) is 0. The van der Waals surface area contributed by atoms with Crippen LogP contribution >= 0.6 is 0 Å². The molecule has 2 fully saturated rings. The molecule has 0 aliphatic heterocycles. The molecule has 27 heavy (non-hydrogen) atoms. The molecule has 0 atom stereocenters. The van der Waals surface area contributed by atoms with Gasteiger partial charge in [0.15, 0.2) is 0 Å². The van der Waals surface area contributed by atoms with Crippen LogP contribution in [0, 0.1) is 0 Å². The van der Waals surface area contributed by atoms with Crippen molar-refractivity contribution in [3.05, 3.63) is 59.7 Å². The van der Waals surface area contributed by atoms with Gasteiger partial charge in [0, 0.05) is 0 Å². The summed E-state index contributed by atoms with van der Waals surface area (Å²) in [6.45, 7) is 0. The Morgan fingerprint density at radius 2 is 0.852 bits per heavy atom. The van der Waals surface area contributed by atoms with Crippen LogP contribution < -0.4 is 10.2 Å². The predicted octanol–water partition coefficient (Wildman–Crippen LogP) is 5.24. The van der Waals surface area contributed by atoms with Crippen LogP contribution in [-0.2, 0) is 0 Å². The normalized spacial score (nSPS) is 18.1. The Labute approximate surface area is 204 Å². The topological polar surface area (TPSA) is 46.1 Å². The van der Waals surface area contributed by atoms with E-state index in [1.807, 2.05) is 36.4 Å². The van der Waals surface area contributed by atoms with Gasteiger partial charge in [-0.25, -0.2) is 0 Å². The Balaban J connectivity index is 0.000000187. The second kappa shape index (κ2) is 12.2. The molecule has 0 unspecified atom stereocenters. The third-order valence-electron chi connectivity index (χ3n) is 5.93. The van der Waals surface area contributed by atoms with Crippen molar-refractivity contribution in [3.8, 4) is 11.5 Å². The minimum absolute atomic E-state index is 0. The summed E-state index contributed by atoms with van der Waals surface area (Å²) in [5.41, 5.74) is 2.09. The molecule has 2 saturated carbocycles. The molecule has 2 aromatic carbocycles. The first kappa shape index (κ1) is 22.9. The molecule has 2 aliphatic rings. The van der Waals surface area contributed by atoms with Gasteiger partial charge in [0.25, 0.3) is 0 Å². The quantitative estimate of drug-likeness (QED) is 0.544. The van der Waals surface area contributed by atoms with Gasteiger partial charge in [-0.1, -0.05) is 98.2 Å². The summed E-state index contributed by atoms with van der Waals surface area (Å²) in [5.74, 6) is 1.55. The Bertz CT molecular complexity index is 614. The van der Waals surface area contributed by atoms with E-state index in [2.05, 4.69) is 0 Å². The molecule has 0 amide bonds. The van der Waals surface area contributed by atoms with Gasteiger partial charge >= 0.3 is 48.9 Å². The largest absolute Gasteiger partial charge is 2.00 e. The fourth-order valence-corrected chi connectivity index (χ4v) is 4.46. The van der Waals surface area contributed by atoms with Crippen LogP contribution in [0.3, 0.4) is 0 Å². The maximum atomic E-state index is 11.5. The van der Waals surface area contributed by atoms with E-state index in [4.69, 9.17) is 0 Å². The standard InChI is InChI=1S/2C12H16O.Ba/c2*13-12-9-5-4-8-11(12)10-6-2-1-3-7-10;/h2*4-5,8-10,13H,1-3,6-7H2;/q;;+2/p-2. The van der Waals surface area contributed by atoms with E-state index in [0.717, 1.165) is 11.1 Å². The molecule has 2 aromatic rings. The van der Waals surface area contributed by atoms with Crippen molar-refractivity contribution in [2.24, 2.45) is 0 Å². The maximum Gasteiger partial charge on any atom is 2.00 e. The van der Waals surface area contributed by atoms with Crippen molar-refractivity contribution in [2.75, 3.05) is 0 Å². The molecule has 0 heterocycles. The van der Waals surface area contributed by atoms with E-state index < -0.39 is 0 Å². The summed E-state index contributed by atoms with van der Waals surface area (Å²) in [6, 6.07) is 15.0. The Morgan fingerprint density at radius 1 is 0.519 bits per heavy atom. The first-order valence-electron chi connectivity index (χ1n) is 10.3. The minimum atomic E-state index is 0. The zero-order valence-electron chi connectivity index (χ0n) is 16.4. The van der Waals surface area contributed by atoms with Crippen LogP contribution in [0.1, 0.15) is 87.2 Å². The van der Waals surface area contributed by atoms with Crippen molar-refractivity contribution < 1.29 is 10.2 Å². The van der Waals surface area contributed by atoms with Gasteiger partial charge in [-0.2, -0.15) is 0 Å². The third-order valence-corrected chi connectivity index (χ3v) is 5.93. The fraction of sp³-hybridized carbons (Fsp3) is 0.500. The molecule has 2 aliphatic carbocycles. The van der Waals surface area contributed by atoms with Crippen molar-refractivity contribution in [2.45, 2.75) is 76.0 Å². The molecular formula is C24H30BaO2. The predicted molar refractivity (Wildman–Crippen MR) is 109 cm³/mol. The fourth-order valence-electron chi connectivity index (χ4n) is 4.46. The number of para-hydroxylation sites is 2. The van der Waals surface area contributed by atoms with Crippen LogP contribution in [0.2, 0.25) is 0 Å². The van der Waals surface area contributed by atoms with Crippen LogP contribution in [0.5, 0.6) is 11.5 Å². The molecule has 140 valence electrons. The van der Waals surface area contributed by atoms with Crippen LogP contribution in [0.4, 0.5) is 0 Å². The third kappa shape index (κ3) is 6.86. The van der Waals surface area contributed by atoms with Crippen molar-refractivity contribution in [1.29, 1.82) is 0 Å². The van der Waals surface area contributed by atoms with E-state index in [-0.39, 0.29) is 60.4 Å². The SMILES string of the molecule is [Ba+2].[O-]c1ccccc1C1CCCCC1.[O-]c1ccccc1C1CCCCC1. The van der Waals surface area contributed by atoms with Crippen LogP contribution in [-0.4, -0.2) is 48.9 Å². The van der Waals surface area contributed by atoms with Crippen molar-refractivity contribution in [3.63, 3.8) is 0 Å². The molecule has 2 nitrogen and oxygen atoms in total. The number of rotatable bonds is 2. The van der Waals surface area contributed by atoms with Gasteiger partial charge < -0.3 is 10.2 Å². The maximum absolute atomic E-state index is 11.5. The van der Waals surface area contributed by atoms with Gasteiger partial charge in [0.2, 0.25) is 0 Å². The molecule has 0 spiro atoms. The van der Waals surface area contributed by atoms with Gasteiger partial charge in [0.05, 0.1) is 0 Å². The van der Waals surface area contributed by atoms with Crippen molar-refractivity contribution >= 4 is 48.9 Å². The number of hydrogen-bond donors (Lipinski definition) is 0. The zero-order valence-corrected chi connectivity index (χ0v) is 20.8. The van der Waals surface area contributed by atoms with E-state index in [0.29, 0.717) is 11.8 Å². The van der Waals surface area contributed by atoms with E-state index >= 15 is 0 Å². The summed E-state index contributed by atoms with van der Waals surface area (Å²) in [5, 5.41) is 23.0. The summed E-state index contributed by atoms with van der Waals surface area (Å²) in [4.78, 5) is 0. The van der Waals surface area contributed by atoms with E-state index in [1.54, 1.807) is 12.1 Å². The van der Waals surface area contributed by atoms with Gasteiger partial charge in [-0.3, -0.25) is 0 Å². The second-order valence-corrected chi connectivity index (χ2v) is 7.75. The zero-order chi connectivity index (χ0) is 18.2. The molecule has 3 heteroatoms. The van der Waals surface area contributed by atoms with Crippen LogP contribution in [0.25, 0.3) is 0 Å². The van der Waals surface area contributed by atoms with E-state index in [9.17, 15) is 10.2 Å². The average molecular weight is 488 g/mol. The van der Waals surface area contributed by atoms with Gasteiger partial charge in [-0.15, -0.1) is 11.5 Å². The second-order valence-electron chi connectivity index (χ2n) is 7.75.